The first-order chi connectivity index (χ1) is 13.3. The number of nitrogens with one attached hydrogen (secondary N) is 1. The highest BCUT2D eigenvalue weighted by Crippen LogP contribution is 2.27. The molecule has 27 heavy (non-hydrogen) atoms. The van der Waals surface area contributed by atoms with Gasteiger partial charge in [-0.25, -0.2) is 0 Å². The lowest BCUT2D eigenvalue weighted by atomic mass is 10.1. The molecule has 0 radical (unpaired) electrons. The molecule has 2 aromatic heterocycles. The topological polar surface area (TPSA) is 46.9 Å². The van der Waals surface area contributed by atoms with E-state index in [1.807, 2.05) is 52.5 Å². The van der Waals surface area contributed by atoms with E-state index in [0.29, 0.717) is 13.0 Å². The Morgan fingerprint density at radius 1 is 1.00 bits per heavy atom. The Hall–Kier alpha value is -2.92. The molecule has 0 saturated heterocycles. The summed E-state index contributed by atoms with van der Waals surface area (Å²) in [6.07, 6.45) is 1.26. The van der Waals surface area contributed by atoms with Gasteiger partial charge in [0, 0.05) is 28.8 Å². The van der Waals surface area contributed by atoms with Crippen molar-refractivity contribution in [2.75, 3.05) is 0 Å². The number of thiophene rings is 1. The standard InChI is InChI=1S/C22H21N3OS/c26-21(23-16-18-10-7-15-27-18)13-6-14-25-20-12-5-4-11-19(20)22(24-25)17-8-2-1-3-9-17/h1-5,7-12,15H,6,13-14,16H2,(H,23,26). The minimum absolute atomic E-state index is 0.0862. The summed E-state index contributed by atoms with van der Waals surface area (Å²) in [5, 5.41) is 11.0. The molecule has 2 aromatic carbocycles. The van der Waals surface area contributed by atoms with Crippen LogP contribution in [0.15, 0.2) is 72.1 Å². The second-order valence-electron chi connectivity index (χ2n) is 6.41. The van der Waals surface area contributed by atoms with Gasteiger partial charge in [0.05, 0.1) is 12.1 Å². The Bertz CT molecular complexity index is 1020. The highest BCUT2D eigenvalue weighted by Gasteiger charge is 2.12. The lowest BCUT2D eigenvalue weighted by Crippen LogP contribution is -2.22. The number of aromatic nitrogens is 2. The van der Waals surface area contributed by atoms with Crippen LogP contribution in [0.3, 0.4) is 0 Å². The number of benzene rings is 2. The summed E-state index contributed by atoms with van der Waals surface area (Å²) in [5.74, 6) is 0.0862. The van der Waals surface area contributed by atoms with Crippen molar-refractivity contribution in [3.8, 4) is 11.3 Å². The minimum Gasteiger partial charge on any atom is -0.351 e. The lowest BCUT2D eigenvalue weighted by Gasteiger charge is -2.05. The van der Waals surface area contributed by atoms with Crippen LogP contribution in [0.25, 0.3) is 22.2 Å². The number of hydrogen-bond acceptors (Lipinski definition) is 3. The van der Waals surface area contributed by atoms with Crippen molar-refractivity contribution in [1.82, 2.24) is 15.1 Å². The Kier molecular flexibility index (Phi) is 5.30. The van der Waals surface area contributed by atoms with E-state index in [2.05, 4.69) is 29.6 Å². The van der Waals surface area contributed by atoms with E-state index in [9.17, 15) is 4.79 Å². The average Bonchev–Trinajstić information content (AvgIpc) is 3.35. The van der Waals surface area contributed by atoms with E-state index < -0.39 is 0 Å². The van der Waals surface area contributed by atoms with Crippen LogP contribution in [0.1, 0.15) is 17.7 Å². The van der Waals surface area contributed by atoms with Gasteiger partial charge in [0.1, 0.15) is 5.69 Å². The number of hydrogen-bond donors (Lipinski definition) is 1. The summed E-state index contributed by atoms with van der Waals surface area (Å²) < 4.78 is 2.02. The number of para-hydroxylation sites is 1. The van der Waals surface area contributed by atoms with Crippen LogP contribution in [0.2, 0.25) is 0 Å². The zero-order chi connectivity index (χ0) is 18.5. The number of carbonyl (C=O) groups excluding carboxylic acids is 1. The Morgan fingerprint density at radius 2 is 1.81 bits per heavy atom. The second kappa shape index (κ2) is 8.18. The smallest absolute Gasteiger partial charge is 0.220 e. The van der Waals surface area contributed by atoms with Crippen molar-refractivity contribution in [2.24, 2.45) is 0 Å². The van der Waals surface area contributed by atoms with Crippen LogP contribution in [0.5, 0.6) is 0 Å². The van der Waals surface area contributed by atoms with Crippen LogP contribution >= 0.6 is 11.3 Å². The highest BCUT2D eigenvalue weighted by molar-refractivity contribution is 7.09. The minimum atomic E-state index is 0.0862. The van der Waals surface area contributed by atoms with Gasteiger partial charge in [0.25, 0.3) is 0 Å². The van der Waals surface area contributed by atoms with E-state index in [1.54, 1.807) is 11.3 Å². The van der Waals surface area contributed by atoms with E-state index in [4.69, 9.17) is 5.10 Å². The molecular formula is C22H21N3OS. The summed E-state index contributed by atoms with van der Waals surface area (Å²) in [7, 11) is 0. The second-order valence-corrected chi connectivity index (χ2v) is 7.45. The number of fused-ring (bicyclic) bond motifs is 1. The Morgan fingerprint density at radius 3 is 2.63 bits per heavy atom. The third kappa shape index (κ3) is 4.09. The molecule has 0 aliphatic rings. The molecule has 4 aromatic rings. The summed E-state index contributed by atoms with van der Waals surface area (Å²) in [5.41, 5.74) is 3.21. The van der Waals surface area contributed by atoms with Gasteiger partial charge in [-0.3, -0.25) is 9.48 Å². The number of carbonyl (C=O) groups is 1. The van der Waals surface area contributed by atoms with E-state index >= 15 is 0 Å². The van der Waals surface area contributed by atoms with Gasteiger partial charge >= 0.3 is 0 Å². The molecule has 1 N–H and O–H groups in total. The van der Waals surface area contributed by atoms with E-state index in [-0.39, 0.29) is 5.91 Å². The molecule has 0 saturated carbocycles. The molecule has 0 fully saturated rings. The predicted molar refractivity (Wildman–Crippen MR) is 111 cm³/mol. The highest BCUT2D eigenvalue weighted by atomic mass is 32.1. The molecule has 0 aliphatic carbocycles. The van der Waals surface area contributed by atoms with Crippen molar-refractivity contribution in [3.63, 3.8) is 0 Å². The van der Waals surface area contributed by atoms with Gasteiger partial charge in [0.2, 0.25) is 5.91 Å². The number of rotatable bonds is 7. The monoisotopic (exact) mass is 375 g/mol. The molecule has 136 valence electrons. The normalized spacial score (nSPS) is 11.0. The molecule has 4 nitrogen and oxygen atoms in total. The number of nitrogens with zero attached hydrogens (tertiary/aromatic N) is 2. The van der Waals surface area contributed by atoms with Gasteiger partial charge in [-0.1, -0.05) is 54.6 Å². The molecule has 2 heterocycles. The third-order valence-corrected chi connectivity index (χ3v) is 5.40. The Balaban J connectivity index is 1.42. The summed E-state index contributed by atoms with van der Waals surface area (Å²) in [6, 6.07) is 22.5. The predicted octanol–water partition coefficient (Wildman–Crippen LogP) is 4.86. The summed E-state index contributed by atoms with van der Waals surface area (Å²) in [6.45, 7) is 1.33. The molecular weight excluding hydrogens is 354 g/mol. The summed E-state index contributed by atoms with van der Waals surface area (Å²) >= 11 is 1.66. The zero-order valence-electron chi connectivity index (χ0n) is 15.0. The first-order valence-corrected chi connectivity index (χ1v) is 9.99. The maximum atomic E-state index is 12.1. The molecule has 4 rings (SSSR count). The maximum absolute atomic E-state index is 12.1. The molecule has 5 heteroatoms. The van der Waals surface area contributed by atoms with Crippen molar-refractivity contribution >= 4 is 28.1 Å². The molecule has 0 atom stereocenters. The molecule has 0 aliphatic heterocycles. The molecule has 0 bridgehead atoms. The van der Waals surface area contributed by atoms with Crippen LogP contribution in [-0.4, -0.2) is 15.7 Å². The van der Waals surface area contributed by atoms with Crippen LogP contribution < -0.4 is 5.32 Å². The SMILES string of the molecule is O=C(CCCn1nc(-c2ccccc2)c2ccccc21)NCc1cccs1. The van der Waals surface area contributed by atoms with Gasteiger partial charge in [0.15, 0.2) is 0 Å². The largest absolute Gasteiger partial charge is 0.351 e. The fourth-order valence-electron chi connectivity index (χ4n) is 3.18. The van der Waals surface area contributed by atoms with Gasteiger partial charge < -0.3 is 5.32 Å². The van der Waals surface area contributed by atoms with Crippen molar-refractivity contribution < 1.29 is 4.79 Å². The first-order valence-electron chi connectivity index (χ1n) is 9.11. The van der Waals surface area contributed by atoms with Crippen LogP contribution in [0, 0.1) is 0 Å². The molecule has 1 amide bonds. The number of amides is 1. The lowest BCUT2D eigenvalue weighted by molar-refractivity contribution is -0.121. The van der Waals surface area contributed by atoms with E-state index in [1.165, 1.54) is 4.88 Å². The van der Waals surface area contributed by atoms with Crippen LogP contribution in [-0.2, 0) is 17.9 Å². The van der Waals surface area contributed by atoms with Crippen LogP contribution in [0.4, 0.5) is 0 Å². The third-order valence-electron chi connectivity index (χ3n) is 4.52. The van der Waals surface area contributed by atoms with Crippen molar-refractivity contribution in [2.45, 2.75) is 25.9 Å². The maximum Gasteiger partial charge on any atom is 0.220 e. The summed E-state index contributed by atoms with van der Waals surface area (Å²) in [4.78, 5) is 13.3. The quantitative estimate of drug-likeness (QED) is 0.501. The molecule has 0 unspecified atom stereocenters. The fourth-order valence-corrected chi connectivity index (χ4v) is 3.83. The average molecular weight is 375 g/mol. The first kappa shape index (κ1) is 17.5. The van der Waals surface area contributed by atoms with Gasteiger partial charge in [-0.15, -0.1) is 11.3 Å². The van der Waals surface area contributed by atoms with Crippen molar-refractivity contribution in [3.05, 3.63) is 77.0 Å². The van der Waals surface area contributed by atoms with Crippen molar-refractivity contribution in [1.29, 1.82) is 0 Å². The number of aryl methyl sites for hydroxylation is 1. The zero-order valence-corrected chi connectivity index (χ0v) is 15.8. The van der Waals surface area contributed by atoms with E-state index in [0.717, 1.165) is 35.1 Å². The van der Waals surface area contributed by atoms with Gasteiger partial charge in [-0.05, 0) is 23.9 Å². The fraction of sp³-hybridized carbons (Fsp3) is 0.182. The molecule has 0 spiro atoms. The van der Waals surface area contributed by atoms with Gasteiger partial charge in [-0.2, -0.15) is 5.10 Å². The Labute approximate surface area is 162 Å².